The molecule has 0 aliphatic heterocycles. The summed E-state index contributed by atoms with van der Waals surface area (Å²) in [6.07, 6.45) is -5.48. The van der Waals surface area contributed by atoms with E-state index < -0.39 is 18.5 Å². The second-order valence-electron chi connectivity index (χ2n) is 3.27. The van der Waals surface area contributed by atoms with Gasteiger partial charge in [-0.2, -0.15) is 18.4 Å². The topological polar surface area (TPSA) is 33.0 Å². The van der Waals surface area contributed by atoms with Crippen LogP contribution < -0.4 is 4.74 Å². The Bertz CT molecular complexity index is 356. The Morgan fingerprint density at radius 3 is 2.38 bits per heavy atom. The highest BCUT2D eigenvalue weighted by Crippen LogP contribution is 2.25. The molecular formula is C11H10F3NO. The zero-order chi connectivity index (χ0) is 12.0. The van der Waals surface area contributed by atoms with E-state index in [1.807, 2.05) is 0 Å². The van der Waals surface area contributed by atoms with E-state index in [-0.39, 0.29) is 6.61 Å². The van der Waals surface area contributed by atoms with Crippen LogP contribution in [0, 0.1) is 17.2 Å². The minimum atomic E-state index is -4.33. The number of nitrogens with zero attached hydrogens (tertiary/aromatic N) is 1. The summed E-state index contributed by atoms with van der Waals surface area (Å²) in [4.78, 5) is 0. The fraction of sp³-hybridized carbons (Fsp3) is 0.364. The number of alkyl halides is 3. The van der Waals surface area contributed by atoms with Crippen LogP contribution in [0.5, 0.6) is 5.75 Å². The Morgan fingerprint density at radius 2 is 1.88 bits per heavy atom. The van der Waals surface area contributed by atoms with Crippen LogP contribution in [0.2, 0.25) is 0 Å². The van der Waals surface area contributed by atoms with E-state index in [2.05, 4.69) is 0 Å². The van der Waals surface area contributed by atoms with E-state index in [0.717, 1.165) is 0 Å². The van der Waals surface area contributed by atoms with Crippen LogP contribution in [-0.2, 0) is 0 Å². The summed E-state index contributed by atoms with van der Waals surface area (Å²) in [5.41, 5.74) is 0. The third kappa shape index (κ3) is 4.69. The molecule has 0 heterocycles. The molecule has 0 saturated carbocycles. The number of benzene rings is 1. The molecule has 16 heavy (non-hydrogen) atoms. The van der Waals surface area contributed by atoms with Crippen LogP contribution in [0.15, 0.2) is 30.3 Å². The van der Waals surface area contributed by atoms with Gasteiger partial charge in [0.1, 0.15) is 12.4 Å². The molecule has 0 amide bonds. The number of halogens is 3. The lowest BCUT2D eigenvalue weighted by atomic mass is 10.1. The van der Waals surface area contributed by atoms with Gasteiger partial charge in [0, 0.05) is 0 Å². The molecule has 0 aliphatic rings. The molecule has 0 saturated heterocycles. The molecule has 1 aromatic rings. The first-order valence-corrected chi connectivity index (χ1v) is 4.65. The molecule has 0 aliphatic carbocycles. The lowest BCUT2D eigenvalue weighted by Crippen LogP contribution is -2.19. The molecule has 1 aromatic carbocycles. The van der Waals surface area contributed by atoms with Crippen molar-refractivity contribution in [3.8, 4) is 11.8 Å². The maximum absolute atomic E-state index is 12.0. The Kier molecular flexibility index (Phi) is 4.18. The lowest BCUT2D eigenvalue weighted by Gasteiger charge is -2.12. The molecular weight excluding hydrogens is 219 g/mol. The van der Waals surface area contributed by atoms with Gasteiger partial charge in [-0.1, -0.05) is 18.2 Å². The smallest absolute Gasteiger partial charge is 0.390 e. The maximum atomic E-state index is 12.0. The second kappa shape index (κ2) is 5.40. The van der Waals surface area contributed by atoms with Crippen LogP contribution in [0.3, 0.4) is 0 Å². The number of hydrogen-bond acceptors (Lipinski definition) is 2. The summed E-state index contributed by atoms with van der Waals surface area (Å²) < 4.78 is 41.1. The van der Waals surface area contributed by atoms with Crippen molar-refractivity contribution in [1.29, 1.82) is 5.26 Å². The average Bonchev–Trinajstić information content (AvgIpc) is 2.24. The number of nitriles is 1. The average molecular weight is 229 g/mol. The zero-order valence-corrected chi connectivity index (χ0v) is 8.37. The standard InChI is InChI=1S/C11H10F3NO/c12-11(13,14)6-9(7-15)8-16-10-4-2-1-3-5-10/h1-5,9H,6,8H2/t9-/m1/s1. The third-order valence-corrected chi connectivity index (χ3v) is 1.85. The van der Waals surface area contributed by atoms with Crippen molar-refractivity contribution in [3.63, 3.8) is 0 Å². The first-order valence-electron chi connectivity index (χ1n) is 4.65. The molecule has 0 unspecified atom stereocenters. The molecule has 2 nitrogen and oxygen atoms in total. The van der Waals surface area contributed by atoms with Crippen molar-refractivity contribution in [2.75, 3.05) is 6.61 Å². The molecule has 1 atom stereocenters. The van der Waals surface area contributed by atoms with Crippen LogP contribution in [0.25, 0.3) is 0 Å². The molecule has 86 valence electrons. The van der Waals surface area contributed by atoms with E-state index in [1.165, 1.54) is 0 Å². The van der Waals surface area contributed by atoms with Crippen LogP contribution in [-0.4, -0.2) is 12.8 Å². The summed E-state index contributed by atoms with van der Waals surface area (Å²) in [5, 5.41) is 8.54. The minimum absolute atomic E-state index is 0.250. The first kappa shape index (κ1) is 12.4. The summed E-state index contributed by atoms with van der Waals surface area (Å²) >= 11 is 0. The largest absolute Gasteiger partial charge is 0.492 e. The number of hydrogen-bond donors (Lipinski definition) is 0. The van der Waals surface area contributed by atoms with Crippen LogP contribution >= 0.6 is 0 Å². The van der Waals surface area contributed by atoms with Crippen molar-refractivity contribution < 1.29 is 17.9 Å². The highest BCUT2D eigenvalue weighted by molar-refractivity contribution is 5.21. The van der Waals surface area contributed by atoms with Gasteiger partial charge >= 0.3 is 6.18 Å². The van der Waals surface area contributed by atoms with Crippen LogP contribution in [0.1, 0.15) is 6.42 Å². The van der Waals surface area contributed by atoms with Gasteiger partial charge < -0.3 is 4.74 Å². The summed E-state index contributed by atoms with van der Waals surface area (Å²) in [6, 6.07) is 10.0. The van der Waals surface area contributed by atoms with Crippen molar-refractivity contribution in [2.45, 2.75) is 12.6 Å². The summed E-state index contributed by atoms with van der Waals surface area (Å²) in [5.74, 6) is -0.704. The van der Waals surface area contributed by atoms with Gasteiger partial charge in [0.25, 0.3) is 0 Å². The molecule has 0 fully saturated rings. The van der Waals surface area contributed by atoms with Crippen molar-refractivity contribution >= 4 is 0 Å². The van der Waals surface area contributed by atoms with Gasteiger partial charge in [-0.15, -0.1) is 0 Å². The summed E-state index contributed by atoms with van der Waals surface area (Å²) in [7, 11) is 0. The molecule has 5 heteroatoms. The summed E-state index contributed by atoms with van der Waals surface area (Å²) in [6.45, 7) is -0.250. The van der Waals surface area contributed by atoms with Crippen molar-refractivity contribution in [3.05, 3.63) is 30.3 Å². The Morgan fingerprint density at radius 1 is 1.25 bits per heavy atom. The fourth-order valence-corrected chi connectivity index (χ4v) is 1.13. The molecule has 0 spiro atoms. The van der Waals surface area contributed by atoms with Gasteiger partial charge in [-0.25, -0.2) is 0 Å². The minimum Gasteiger partial charge on any atom is -0.492 e. The highest BCUT2D eigenvalue weighted by Gasteiger charge is 2.32. The van der Waals surface area contributed by atoms with Gasteiger partial charge in [0.2, 0.25) is 0 Å². The fourth-order valence-electron chi connectivity index (χ4n) is 1.13. The normalized spacial score (nSPS) is 12.9. The predicted molar refractivity (Wildman–Crippen MR) is 51.7 cm³/mol. The quantitative estimate of drug-likeness (QED) is 0.794. The highest BCUT2D eigenvalue weighted by atomic mass is 19.4. The molecule has 0 radical (unpaired) electrons. The van der Waals surface area contributed by atoms with E-state index in [9.17, 15) is 13.2 Å². The molecule has 0 aromatic heterocycles. The Balaban J connectivity index is 2.44. The number of ether oxygens (including phenoxy) is 1. The first-order chi connectivity index (χ1) is 7.51. The van der Waals surface area contributed by atoms with Gasteiger partial charge in [0.15, 0.2) is 0 Å². The SMILES string of the molecule is N#C[C@H](COc1ccccc1)CC(F)(F)F. The molecule has 0 N–H and O–H groups in total. The van der Waals surface area contributed by atoms with Gasteiger partial charge in [-0.3, -0.25) is 0 Å². The van der Waals surface area contributed by atoms with Crippen molar-refractivity contribution in [2.24, 2.45) is 5.92 Å². The molecule has 0 bridgehead atoms. The Hall–Kier alpha value is -1.70. The monoisotopic (exact) mass is 229 g/mol. The number of rotatable bonds is 4. The van der Waals surface area contributed by atoms with E-state index in [1.54, 1.807) is 36.4 Å². The lowest BCUT2D eigenvalue weighted by molar-refractivity contribution is -0.142. The van der Waals surface area contributed by atoms with E-state index in [0.29, 0.717) is 5.75 Å². The van der Waals surface area contributed by atoms with Gasteiger partial charge in [0.05, 0.1) is 18.4 Å². The molecule has 1 rings (SSSR count). The predicted octanol–water partition coefficient (Wildman–Crippen LogP) is 3.16. The second-order valence-corrected chi connectivity index (χ2v) is 3.27. The van der Waals surface area contributed by atoms with Gasteiger partial charge in [-0.05, 0) is 12.1 Å². The Labute approximate surface area is 91.3 Å². The zero-order valence-electron chi connectivity index (χ0n) is 8.37. The van der Waals surface area contributed by atoms with E-state index >= 15 is 0 Å². The van der Waals surface area contributed by atoms with Crippen LogP contribution in [0.4, 0.5) is 13.2 Å². The van der Waals surface area contributed by atoms with E-state index in [4.69, 9.17) is 10.00 Å². The third-order valence-electron chi connectivity index (χ3n) is 1.85. The maximum Gasteiger partial charge on any atom is 0.390 e. The van der Waals surface area contributed by atoms with Crippen molar-refractivity contribution in [1.82, 2.24) is 0 Å². The number of para-hydroxylation sites is 1.